The molecule has 1 saturated carbocycles. The van der Waals surface area contributed by atoms with E-state index in [-0.39, 0.29) is 12.3 Å². The van der Waals surface area contributed by atoms with Crippen LogP contribution >= 0.6 is 11.8 Å². The second-order valence-electron chi connectivity index (χ2n) is 9.45. The summed E-state index contributed by atoms with van der Waals surface area (Å²) in [5.74, 6) is 1.38. The number of hydrogen-bond acceptors (Lipinski definition) is 6. The Balaban J connectivity index is 1.49. The van der Waals surface area contributed by atoms with E-state index in [1.165, 1.54) is 11.8 Å². The molecule has 1 aliphatic carbocycles. The molecule has 1 N–H and O–H groups in total. The highest BCUT2D eigenvalue weighted by molar-refractivity contribution is 7.99. The van der Waals surface area contributed by atoms with E-state index < -0.39 is 12.6 Å². The second kappa shape index (κ2) is 10.7. The molecule has 2 aromatic carbocycles. The number of aromatic nitrogens is 3. The average molecular weight is 541 g/mol. The lowest BCUT2D eigenvalue weighted by Gasteiger charge is -2.13. The summed E-state index contributed by atoms with van der Waals surface area (Å²) in [5, 5.41) is 8.24. The lowest BCUT2D eigenvalue weighted by Crippen LogP contribution is -2.15. The Bertz CT molecular complexity index is 1460. The van der Waals surface area contributed by atoms with E-state index in [4.69, 9.17) is 9.84 Å². The van der Waals surface area contributed by atoms with E-state index in [1.54, 1.807) is 23.9 Å². The second-order valence-corrected chi connectivity index (χ2v) is 10.5. The Kier molecular flexibility index (Phi) is 7.34. The van der Waals surface area contributed by atoms with Crippen LogP contribution in [0.5, 0.6) is 5.75 Å². The summed E-state index contributed by atoms with van der Waals surface area (Å²) < 4.78 is 45.3. The number of rotatable bonds is 10. The number of benzene rings is 2. The Morgan fingerprint density at radius 1 is 1.16 bits per heavy atom. The van der Waals surface area contributed by atoms with Gasteiger partial charge >= 0.3 is 6.18 Å². The zero-order valence-electron chi connectivity index (χ0n) is 21.0. The molecule has 0 spiro atoms. The predicted octanol–water partition coefficient (Wildman–Crippen LogP) is 7.21. The summed E-state index contributed by atoms with van der Waals surface area (Å²) in [4.78, 5) is 18.0. The van der Waals surface area contributed by atoms with Gasteiger partial charge in [-0.3, -0.25) is 4.79 Å². The molecule has 0 amide bonds. The fourth-order valence-corrected chi connectivity index (χ4v) is 5.07. The highest BCUT2D eigenvalue weighted by Crippen LogP contribution is 2.35. The molecule has 198 valence electrons. The van der Waals surface area contributed by atoms with Gasteiger partial charge in [0.1, 0.15) is 10.8 Å². The molecular weight excluding hydrogens is 513 g/mol. The van der Waals surface area contributed by atoms with E-state index in [9.17, 15) is 18.0 Å². The molecule has 0 aliphatic heterocycles. The van der Waals surface area contributed by atoms with Crippen LogP contribution in [0.25, 0.3) is 16.9 Å². The summed E-state index contributed by atoms with van der Waals surface area (Å²) in [6.45, 7) is 1.63. The van der Waals surface area contributed by atoms with Crippen molar-refractivity contribution in [1.82, 2.24) is 14.6 Å². The van der Waals surface area contributed by atoms with Crippen molar-refractivity contribution in [2.75, 3.05) is 19.0 Å². The number of carbonyl (C=O) groups is 1. The predicted molar refractivity (Wildman–Crippen MR) is 141 cm³/mol. The first-order valence-electron chi connectivity index (χ1n) is 12.4. The third kappa shape index (κ3) is 6.12. The zero-order chi connectivity index (χ0) is 26.9. The van der Waals surface area contributed by atoms with Crippen LogP contribution in [-0.2, 0) is 0 Å². The number of hydrogen-bond donors (Lipinski definition) is 1. The smallest absolute Gasteiger partial charge is 0.390 e. The average Bonchev–Trinajstić information content (AvgIpc) is 3.58. The topological polar surface area (TPSA) is 68.5 Å². The van der Waals surface area contributed by atoms with Gasteiger partial charge in [-0.1, -0.05) is 23.9 Å². The molecule has 2 aromatic heterocycles. The molecule has 0 bridgehead atoms. The van der Waals surface area contributed by atoms with Crippen LogP contribution < -0.4 is 10.1 Å². The van der Waals surface area contributed by atoms with E-state index in [1.807, 2.05) is 49.4 Å². The Hall–Kier alpha value is -3.53. The van der Waals surface area contributed by atoms with Gasteiger partial charge < -0.3 is 10.1 Å². The fourth-order valence-electron chi connectivity index (χ4n) is 4.26. The van der Waals surface area contributed by atoms with E-state index in [0.717, 1.165) is 34.6 Å². The number of anilines is 1. The maximum atomic E-state index is 12.8. The summed E-state index contributed by atoms with van der Waals surface area (Å²) >= 11 is 1.38. The molecule has 1 fully saturated rings. The number of alkyl halides is 3. The number of imidazole rings is 1. The number of halogens is 3. The number of Topliss-reactive ketones (excluding diaryl/α,β-unsaturated/α-hetero) is 1. The molecule has 10 heteroatoms. The van der Waals surface area contributed by atoms with E-state index in [2.05, 4.69) is 10.3 Å². The minimum Gasteiger partial charge on any atom is -0.497 e. The van der Waals surface area contributed by atoms with Gasteiger partial charge in [0.25, 0.3) is 0 Å². The molecule has 0 radical (unpaired) electrons. The molecule has 0 atom stereocenters. The highest BCUT2D eigenvalue weighted by atomic mass is 32.2. The molecule has 1 aliphatic rings. The SMILES string of the molecule is COc1ccc(Sc2cc(NCCC(F)(F)F)c3ncc(-c4ccc(C(=O)CC5CC5)c(C)c4)n3n2)cc1. The maximum absolute atomic E-state index is 12.8. The van der Waals surface area contributed by atoms with Crippen LogP contribution in [0.2, 0.25) is 0 Å². The third-order valence-corrected chi connectivity index (χ3v) is 7.36. The van der Waals surface area contributed by atoms with Crippen molar-refractivity contribution in [1.29, 1.82) is 0 Å². The Morgan fingerprint density at radius 2 is 1.92 bits per heavy atom. The van der Waals surface area contributed by atoms with Crippen LogP contribution in [0.4, 0.5) is 18.9 Å². The van der Waals surface area contributed by atoms with Gasteiger partial charge in [0.05, 0.1) is 31.1 Å². The van der Waals surface area contributed by atoms with Crippen LogP contribution in [0, 0.1) is 12.8 Å². The van der Waals surface area contributed by atoms with Gasteiger partial charge in [0.2, 0.25) is 0 Å². The van der Waals surface area contributed by atoms with Gasteiger partial charge in [-0.2, -0.15) is 18.3 Å². The standard InChI is InChI=1S/C28H27F3N4O2S/c1-17-13-19(5-10-22(17)25(36)14-18-3-4-18)24-16-33-27-23(32-12-11-28(29,30)31)15-26(34-35(24)27)38-21-8-6-20(37-2)7-9-21/h5-10,13,15-16,18,32H,3-4,11-12,14H2,1-2H3. The van der Waals surface area contributed by atoms with Crippen molar-refractivity contribution in [3.8, 4) is 17.0 Å². The Morgan fingerprint density at radius 3 is 2.58 bits per heavy atom. The van der Waals surface area contributed by atoms with Crippen molar-refractivity contribution in [3.05, 3.63) is 65.9 Å². The van der Waals surface area contributed by atoms with Crippen molar-refractivity contribution in [3.63, 3.8) is 0 Å². The highest BCUT2D eigenvalue weighted by Gasteiger charge is 2.27. The Labute approximate surface area is 222 Å². The number of ketones is 1. The third-order valence-electron chi connectivity index (χ3n) is 6.44. The van der Waals surface area contributed by atoms with Gasteiger partial charge in [0, 0.05) is 29.0 Å². The minimum atomic E-state index is -4.27. The van der Waals surface area contributed by atoms with Crippen molar-refractivity contribution in [2.45, 2.75) is 48.7 Å². The number of carbonyl (C=O) groups excluding carboxylic acids is 1. The summed E-state index contributed by atoms with van der Waals surface area (Å²) in [7, 11) is 1.59. The first-order valence-corrected chi connectivity index (χ1v) is 13.2. The summed E-state index contributed by atoms with van der Waals surface area (Å²) in [6, 6.07) is 14.8. The van der Waals surface area contributed by atoms with Gasteiger partial charge in [0.15, 0.2) is 11.4 Å². The van der Waals surface area contributed by atoms with E-state index >= 15 is 0 Å². The van der Waals surface area contributed by atoms with Crippen molar-refractivity contribution >= 4 is 28.9 Å². The maximum Gasteiger partial charge on any atom is 0.390 e. The number of nitrogens with one attached hydrogen (secondary N) is 1. The first kappa shape index (κ1) is 26.1. The lowest BCUT2D eigenvalue weighted by atomic mass is 9.98. The van der Waals surface area contributed by atoms with Crippen molar-refractivity contribution in [2.24, 2.45) is 5.92 Å². The van der Waals surface area contributed by atoms with Crippen LogP contribution in [0.1, 0.15) is 41.6 Å². The molecule has 5 rings (SSSR count). The normalized spacial score (nSPS) is 13.6. The number of nitrogens with zero attached hydrogens (tertiary/aromatic N) is 3. The van der Waals surface area contributed by atoms with Crippen LogP contribution in [0.3, 0.4) is 0 Å². The quantitative estimate of drug-likeness (QED) is 0.214. The summed E-state index contributed by atoms with van der Waals surface area (Å²) in [6.07, 6.45) is -0.770. The van der Waals surface area contributed by atoms with Gasteiger partial charge in [-0.15, -0.1) is 0 Å². The monoisotopic (exact) mass is 540 g/mol. The molecule has 0 unspecified atom stereocenters. The molecule has 6 nitrogen and oxygen atoms in total. The van der Waals surface area contributed by atoms with Crippen LogP contribution in [-0.4, -0.2) is 40.2 Å². The number of ether oxygens (including phenoxy) is 1. The molecular formula is C28H27F3N4O2S. The molecule has 2 heterocycles. The first-order chi connectivity index (χ1) is 18.2. The van der Waals surface area contributed by atoms with Gasteiger partial charge in [-0.25, -0.2) is 9.50 Å². The number of methoxy groups -OCH3 is 1. The minimum absolute atomic E-state index is 0.155. The van der Waals surface area contributed by atoms with Crippen molar-refractivity contribution < 1.29 is 22.7 Å². The molecule has 0 saturated heterocycles. The lowest BCUT2D eigenvalue weighted by molar-refractivity contribution is -0.131. The zero-order valence-corrected chi connectivity index (χ0v) is 21.8. The number of aryl methyl sites for hydroxylation is 1. The number of fused-ring (bicyclic) bond motifs is 1. The molecule has 4 aromatic rings. The fraction of sp³-hybridized carbons (Fsp3) is 0.321. The van der Waals surface area contributed by atoms with Gasteiger partial charge in [-0.05, 0) is 67.6 Å². The largest absolute Gasteiger partial charge is 0.497 e. The molecule has 38 heavy (non-hydrogen) atoms. The van der Waals surface area contributed by atoms with E-state index in [0.29, 0.717) is 40.0 Å². The van der Waals surface area contributed by atoms with Crippen LogP contribution in [0.15, 0.2) is 64.6 Å². The summed E-state index contributed by atoms with van der Waals surface area (Å²) in [5.41, 5.74) is 3.97.